The second-order valence-electron chi connectivity index (χ2n) is 4.17. The van der Waals surface area contributed by atoms with Crippen LogP contribution in [0.15, 0.2) is 51.4 Å². The maximum Gasteiger partial charge on any atom is 0.342 e. The molecule has 0 radical (unpaired) electrons. The summed E-state index contributed by atoms with van der Waals surface area (Å²) in [5.41, 5.74) is 0.456. The largest absolute Gasteiger partial charge is 0.507 e. The molecule has 0 bridgehead atoms. The quantitative estimate of drug-likeness (QED) is 0.608. The fraction of sp³-hybridized carbons (Fsp3) is 0.0667. The summed E-state index contributed by atoms with van der Waals surface area (Å²) in [4.78, 5) is 23.7. The minimum Gasteiger partial charge on any atom is -0.507 e. The normalized spacial score (nSPS) is 10.2. The summed E-state index contributed by atoms with van der Waals surface area (Å²) in [6.07, 6.45) is 0. The van der Waals surface area contributed by atoms with Gasteiger partial charge in [-0.2, -0.15) is 0 Å². The van der Waals surface area contributed by atoms with Crippen molar-refractivity contribution in [1.29, 1.82) is 0 Å². The Labute approximate surface area is 138 Å². The molecule has 0 aliphatic heterocycles. The van der Waals surface area contributed by atoms with Crippen molar-refractivity contribution < 1.29 is 19.4 Å². The van der Waals surface area contributed by atoms with Crippen LogP contribution in [0.2, 0.25) is 0 Å². The lowest BCUT2D eigenvalue weighted by atomic mass is 10.1. The number of Topliss-reactive ketones (excluding diaryl/α,β-unsaturated/α-hetero) is 1. The summed E-state index contributed by atoms with van der Waals surface area (Å²) in [7, 11) is 0. The number of ether oxygens (including phenoxy) is 1. The van der Waals surface area contributed by atoms with Gasteiger partial charge in [-0.3, -0.25) is 4.79 Å². The molecular weight excluding hydrogens is 404 g/mol. The number of carbonyl (C=O) groups excluding carboxylic acids is 2. The van der Waals surface area contributed by atoms with Crippen molar-refractivity contribution in [3.05, 3.63) is 62.5 Å². The highest BCUT2D eigenvalue weighted by Gasteiger charge is 2.15. The van der Waals surface area contributed by atoms with Gasteiger partial charge in [0.1, 0.15) is 11.3 Å². The van der Waals surface area contributed by atoms with Gasteiger partial charge in [0.05, 0.1) is 0 Å². The van der Waals surface area contributed by atoms with E-state index >= 15 is 0 Å². The van der Waals surface area contributed by atoms with E-state index in [0.29, 0.717) is 10.0 Å². The predicted molar refractivity (Wildman–Crippen MR) is 84.6 cm³/mol. The molecule has 1 N–H and O–H groups in total. The third-order valence-corrected chi connectivity index (χ3v) is 3.70. The van der Waals surface area contributed by atoms with E-state index in [-0.39, 0.29) is 23.7 Å². The second-order valence-corrected chi connectivity index (χ2v) is 6.00. The molecule has 0 aliphatic rings. The number of rotatable bonds is 4. The highest BCUT2D eigenvalue weighted by Crippen LogP contribution is 2.22. The maximum atomic E-state index is 11.9. The first kappa shape index (κ1) is 15.7. The summed E-state index contributed by atoms with van der Waals surface area (Å²) < 4.78 is 6.42. The van der Waals surface area contributed by atoms with Gasteiger partial charge in [-0.1, -0.05) is 44.0 Å². The van der Waals surface area contributed by atoms with Gasteiger partial charge in [-0.05, 0) is 30.3 Å². The number of benzene rings is 2. The van der Waals surface area contributed by atoms with Crippen molar-refractivity contribution in [3.8, 4) is 5.75 Å². The predicted octanol–water partition coefficient (Wildman–Crippen LogP) is 3.96. The van der Waals surface area contributed by atoms with Crippen LogP contribution in [0.25, 0.3) is 0 Å². The van der Waals surface area contributed by atoms with Crippen LogP contribution in [-0.2, 0) is 4.74 Å². The van der Waals surface area contributed by atoms with Gasteiger partial charge in [-0.25, -0.2) is 4.79 Å². The van der Waals surface area contributed by atoms with Crippen molar-refractivity contribution in [3.63, 3.8) is 0 Å². The molecule has 0 saturated carbocycles. The van der Waals surface area contributed by atoms with Crippen LogP contribution in [0.5, 0.6) is 5.75 Å². The van der Waals surface area contributed by atoms with Crippen molar-refractivity contribution in [1.82, 2.24) is 0 Å². The smallest absolute Gasteiger partial charge is 0.342 e. The molecule has 0 heterocycles. The molecule has 4 nitrogen and oxygen atoms in total. The van der Waals surface area contributed by atoms with Gasteiger partial charge < -0.3 is 9.84 Å². The minimum atomic E-state index is -0.751. The summed E-state index contributed by atoms with van der Waals surface area (Å²) in [5, 5.41) is 9.61. The lowest BCUT2D eigenvalue weighted by molar-refractivity contribution is 0.0471. The van der Waals surface area contributed by atoms with Crippen LogP contribution in [0.4, 0.5) is 0 Å². The fourth-order valence-electron chi connectivity index (χ4n) is 1.60. The Hall–Kier alpha value is -1.66. The van der Waals surface area contributed by atoms with E-state index in [9.17, 15) is 14.7 Å². The highest BCUT2D eigenvalue weighted by molar-refractivity contribution is 9.10. The molecule has 0 atom stereocenters. The number of phenols is 1. The molecule has 2 aromatic carbocycles. The monoisotopic (exact) mass is 412 g/mol. The number of aromatic hydroxyl groups is 1. The summed E-state index contributed by atoms with van der Waals surface area (Å²) >= 11 is 6.47. The maximum absolute atomic E-state index is 11.9. The Morgan fingerprint density at radius 1 is 1.00 bits per heavy atom. The molecule has 6 heteroatoms. The molecule has 2 aromatic rings. The second kappa shape index (κ2) is 6.87. The molecule has 0 saturated heterocycles. The van der Waals surface area contributed by atoms with Gasteiger partial charge in [0, 0.05) is 14.5 Å². The molecule has 0 spiro atoms. The Kier molecular flexibility index (Phi) is 5.14. The Balaban J connectivity index is 2.02. The number of halogens is 2. The number of esters is 1. The van der Waals surface area contributed by atoms with Crippen molar-refractivity contribution in [2.75, 3.05) is 6.61 Å². The van der Waals surface area contributed by atoms with Gasteiger partial charge >= 0.3 is 5.97 Å². The lowest BCUT2D eigenvalue weighted by Crippen LogP contribution is -2.14. The third kappa shape index (κ3) is 4.15. The average Bonchev–Trinajstić information content (AvgIpc) is 2.47. The molecule has 0 unspecified atom stereocenters. The van der Waals surface area contributed by atoms with Gasteiger partial charge in [-0.15, -0.1) is 0 Å². The summed E-state index contributed by atoms with van der Waals surface area (Å²) in [6.45, 7) is -0.383. The molecule has 0 aliphatic carbocycles. The van der Waals surface area contributed by atoms with Crippen molar-refractivity contribution >= 4 is 43.6 Å². The van der Waals surface area contributed by atoms with E-state index in [0.717, 1.165) is 4.47 Å². The van der Waals surface area contributed by atoms with E-state index in [1.807, 2.05) is 0 Å². The van der Waals surface area contributed by atoms with Crippen LogP contribution in [-0.4, -0.2) is 23.5 Å². The van der Waals surface area contributed by atoms with Crippen LogP contribution in [0, 0.1) is 0 Å². The SMILES string of the molecule is O=C(COC(=O)c1cc(Br)ccc1O)c1ccc(Br)cc1. The van der Waals surface area contributed by atoms with E-state index < -0.39 is 5.97 Å². The molecular formula is C15H10Br2O4. The molecule has 2 rings (SSSR count). The summed E-state index contributed by atoms with van der Waals surface area (Å²) in [5.74, 6) is -1.26. The first-order valence-electron chi connectivity index (χ1n) is 5.92. The highest BCUT2D eigenvalue weighted by atomic mass is 79.9. The van der Waals surface area contributed by atoms with E-state index in [1.165, 1.54) is 12.1 Å². The molecule has 0 fully saturated rings. The first-order valence-corrected chi connectivity index (χ1v) is 7.50. The van der Waals surface area contributed by atoms with Gasteiger partial charge in [0.15, 0.2) is 12.4 Å². The van der Waals surface area contributed by atoms with Crippen LogP contribution < -0.4 is 0 Å². The van der Waals surface area contributed by atoms with Crippen LogP contribution in [0.3, 0.4) is 0 Å². The first-order chi connectivity index (χ1) is 9.97. The molecule has 108 valence electrons. The van der Waals surface area contributed by atoms with E-state index in [2.05, 4.69) is 31.9 Å². The molecule has 0 aromatic heterocycles. The minimum absolute atomic E-state index is 0.00739. The van der Waals surface area contributed by atoms with E-state index in [4.69, 9.17) is 4.74 Å². The van der Waals surface area contributed by atoms with Gasteiger partial charge in [0.25, 0.3) is 0 Å². The summed E-state index contributed by atoms with van der Waals surface area (Å²) in [6, 6.07) is 11.1. The zero-order chi connectivity index (χ0) is 15.4. The van der Waals surface area contributed by atoms with Crippen LogP contribution in [0.1, 0.15) is 20.7 Å². The topological polar surface area (TPSA) is 63.6 Å². The van der Waals surface area contributed by atoms with Crippen molar-refractivity contribution in [2.45, 2.75) is 0 Å². The number of carbonyl (C=O) groups is 2. The zero-order valence-electron chi connectivity index (χ0n) is 10.7. The number of phenolic OH excluding ortho intramolecular Hbond substituents is 1. The van der Waals surface area contributed by atoms with Crippen molar-refractivity contribution in [2.24, 2.45) is 0 Å². The number of ketones is 1. The lowest BCUT2D eigenvalue weighted by Gasteiger charge is -2.06. The number of hydrogen-bond donors (Lipinski definition) is 1. The Morgan fingerprint density at radius 3 is 2.29 bits per heavy atom. The standard InChI is InChI=1S/C15H10Br2O4/c16-10-3-1-9(2-4-10)14(19)8-21-15(20)12-7-11(17)5-6-13(12)18/h1-7,18H,8H2. The molecule has 0 amide bonds. The van der Waals surface area contributed by atoms with Crippen LogP contribution >= 0.6 is 31.9 Å². The third-order valence-electron chi connectivity index (χ3n) is 2.68. The Bertz CT molecular complexity index is 681. The molecule has 21 heavy (non-hydrogen) atoms. The van der Waals surface area contributed by atoms with Gasteiger partial charge in [0.2, 0.25) is 0 Å². The number of hydrogen-bond acceptors (Lipinski definition) is 4. The fourth-order valence-corrected chi connectivity index (χ4v) is 2.23. The Morgan fingerprint density at radius 2 is 1.62 bits per heavy atom. The zero-order valence-corrected chi connectivity index (χ0v) is 13.8. The average molecular weight is 414 g/mol. The van der Waals surface area contributed by atoms with E-state index in [1.54, 1.807) is 30.3 Å².